The molecule has 1 N–H and O–H groups in total. The van der Waals surface area contributed by atoms with Crippen LogP contribution >= 0.6 is 11.8 Å². The van der Waals surface area contributed by atoms with E-state index >= 15 is 0 Å². The predicted octanol–water partition coefficient (Wildman–Crippen LogP) is 1.86. The normalized spacial score (nSPS) is 25.2. The third-order valence-corrected chi connectivity index (χ3v) is 4.23. The van der Waals surface area contributed by atoms with Crippen LogP contribution in [0.2, 0.25) is 0 Å². The Kier molecular flexibility index (Phi) is 3.54. The molecule has 2 fully saturated rings. The first-order chi connectivity index (χ1) is 8.43. The Bertz CT molecular complexity index is 356. The van der Waals surface area contributed by atoms with Gasteiger partial charge in [-0.2, -0.15) is 11.8 Å². The molecule has 0 aliphatic carbocycles. The number of nitrogens with zero attached hydrogens (tertiary/aromatic N) is 1. The highest BCUT2D eigenvalue weighted by Crippen LogP contribution is 2.23. The molecule has 3 nitrogen and oxygen atoms in total. The van der Waals surface area contributed by atoms with Gasteiger partial charge in [-0.05, 0) is 17.7 Å². The van der Waals surface area contributed by atoms with Gasteiger partial charge in [0.05, 0.1) is 6.61 Å². The summed E-state index contributed by atoms with van der Waals surface area (Å²) >= 11 is 2.05. The van der Waals surface area contributed by atoms with Crippen LogP contribution in [0.3, 0.4) is 0 Å². The van der Waals surface area contributed by atoms with Crippen molar-refractivity contribution < 1.29 is 4.74 Å². The van der Waals surface area contributed by atoms with Crippen molar-refractivity contribution in [2.45, 2.75) is 6.23 Å². The van der Waals surface area contributed by atoms with Crippen LogP contribution in [0.25, 0.3) is 0 Å². The summed E-state index contributed by atoms with van der Waals surface area (Å²) in [5.74, 6) is 2.49. The number of nitrogens with one attached hydrogen (secondary N) is 1. The Balaban J connectivity index is 1.70. The SMILES string of the molecule is c1cc(N2CCSCC2)ccc1C1NCCO1. The molecule has 1 atom stereocenters. The van der Waals surface area contributed by atoms with Crippen LogP contribution in [0.1, 0.15) is 11.8 Å². The highest BCUT2D eigenvalue weighted by atomic mass is 32.2. The second kappa shape index (κ2) is 5.29. The lowest BCUT2D eigenvalue weighted by molar-refractivity contribution is 0.102. The Hall–Kier alpha value is -0.710. The quantitative estimate of drug-likeness (QED) is 0.866. The zero-order chi connectivity index (χ0) is 11.5. The summed E-state index contributed by atoms with van der Waals surface area (Å²) in [7, 11) is 0. The molecule has 2 heterocycles. The lowest BCUT2D eigenvalue weighted by atomic mass is 10.1. The summed E-state index contributed by atoms with van der Waals surface area (Å²) < 4.78 is 5.60. The summed E-state index contributed by atoms with van der Waals surface area (Å²) in [6, 6.07) is 8.80. The lowest BCUT2D eigenvalue weighted by Gasteiger charge is -2.28. The Morgan fingerprint density at radius 1 is 1.18 bits per heavy atom. The first-order valence-electron chi connectivity index (χ1n) is 6.21. The molecule has 2 aliphatic heterocycles. The fourth-order valence-corrected chi connectivity index (χ4v) is 3.22. The van der Waals surface area contributed by atoms with Gasteiger partial charge in [-0.1, -0.05) is 12.1 Å². The second-order valence-corrected chi connectivity index (χ2v) is 5.62. The molecule has 2 aliphatic rings. The van der Waals surface area contributed by atoms with Crippen LogP contribution in [0.5, 0.6) is 0 Å². The Morgan fingerprint density at radius 2 is 1.94 bits per heavy atom. The number of hydrogen-bond acceptors (Lipinski definition) is 4. The highest BCUT2D eigenvalue weighted by molar-refractivity contribution is 7.99. The topological polar surface area (TPSA) is 24.5 Å². The van der Waals surface area contributed by atoms with E-state index < -0.39 is 0 Å². The molecule has 0 bridgehead atoms. The van der Waals surface area contributed by atoms with Crippen molar-refractivity contribution in [2.75, 3.05) is 42.6 Å². The van der Waals surface area contributed by atoms with Crippen molar-refractivity contribution in [3.05, 3.63) is 29.8 Å². The van der Waals surface area contributed by atoms with E-state index in [1.165, 1.54) is 35.8 Å². The van der Waals surface area contributed by atoms with E-state index in [4.69, 9.17) is 4.74 Å². The van der Waals surface area contributed by atoms with Gasteiger partial charge < -0.3 is 9.64 Å². The fourth-order valence-electron chi connectivity index (χ4n) is 2.32. The van der Waals surface area contributed by atoms with Crippen LogP contribution in [0.4, 0.5) is 5.69 Å². The number of anilines is 1. The first kappa shape index (κ1) is 11.4. The van der Waals surface area contributed by atoms with E-state index in [0.29, 0.717) is 0 Å². The average Bonchev–Trinajstić information content (AvgIpc) is 2.94. The minimum absolute atomic E-state index is 0.0981. The van der Waals surface area contributed by atoms with Crippen molar-refractivity contribution >= 4 is 17.4 Å². The average molecular weight is 250 g/mol. The van der Waals surface area contributed by atoms with Crippen LogP contribution in [0, 0.1) is 0 Å². The van der Waals surface area contributed by atoms with Gasteiger partial charge in [-0.25, -0.2) is 0 Å². The third kappa shape index (κ3) is 2.59. The van der Waals surface area contributed by atoms with E-state index in [9.17, 15) is 0 Å². The summed E-state index contributed by atoms with van der Waals surface area (Å²) in [5.41, 5.74) is 2.57. The molecule has 92 valence electrons. The molecule has 4 heteroatoms. The second-order valence-electron chi connectivity index (χ2n) is 4.40. The van der Waals surface area contributed by atoms with Crippen molar-refractivity contribution in [1.29, 1.82) is 0 Å². The summed E-state index contributed by atoms with van der Waals surface area (Å²) in [6.45, 7) is 4.11. The van der Waals surface area contributed by atoms with Crippen molar-refractivity contribution in [3.8, 4) is 0 Å². The molecular weight excluding hydrogens is 232 g/mol. The maximum Gasteiger partial charge on any atom is 0.134 e. The molecule has 3 rings (SSSR count). The van der Waals surface area contributed by atoms with Crippen molar-refractivity contribution in [3.63, 3.8) is 0 Å². The third-order valence-electron chi connectivity index (χ3n) is 3.29. The maximum absolute atomic E-state index is 5.60. The fraction of sp³-hybridized carbons (Fsp3) is 0.538. The number of benzene rings is 1. The Labute approximate surface area is 107 Å². The number of rotatable bonds is 2. The minimum Gasteiger partial charge on any atom is -0.370 e. The van der Waals surface area contributed by atoms with Crippen molar-refractivity contribution in [1.82, 2.24) is 5.32 Å². The molecule has 1 aromatic carbocycles. The molecule has 0 saturated carbocycles. The molecule has 17 heavy (non-hydrogen) atoms. The summed E-state index contributed by atoms with van der Waals surface area (Å²) in [4.78, 5) is 2.46. The van der Waals surface area contributed by atoms with E-state index in [1.54, 1.807) is 0 Å². The zero-order valence-electron chi connectivity index (χ0n) is 9.89. The van der Waals surface area contributed by atoms with Crippen LogP contribution < -0.4 is 10.2 Å². The Morgan fingerprint density at radius 3 is 2.59 bits per heavy atom. The predicted molar refractivity (Wildman–Crippen MR) is 72.7 cm³/mol. The number of thioether (sulfide) groups is 1. The molecule has 0 aromatic heterocycles. The molecule has 2 saturated heterocycles. The van der Waals surface area contributed by atoms with Gasteiger partial charge in [0, 0.05) is 36.8 Å². The van der Waals surface area contributed by atoms with Gasteiger partial charge in [-0.3, -0.25) is 5.32 Å². The van der Waals surface area contributed by atoms with E-state index in [-0.39, 0.29) is 6.23 Å². The molecule has 1 unspecified atom stereocenters. The highest BCUT2D eigenvalue weighted by Gasteiger charge is 2.17. The molecule has 0 radical (unpaired) electrons. The first-order valence-corrected chi connectivity index (χ1v) is 7.36. The van der Waals surface area contributed by atoms with Crippen LogP contribution in [0.15, 0.2) is 24.3 Å². The van der Waals surface area contributed by atoms with Gasteiger partial charge in [0.25, 0.3) is 0 Å². The standard InChI is InChI=1S/C13H18N2OS/c1-3-12(15-6-9-17-10-7-15)4-2-11(1)13-14-5-8-16-13/h1-4,13-14H,5-10H2. The van der Waals surface area contributed by atoms with Crippen LogP contribution in [-0.4, -0.2) is 37.7 Å². The van der Waals surface area contributed by atoms with Gasteiger partial charge >= 0.3 is 0 Å². The maximum atomic E-state index is 5.60. The van der Waals surface area contributed by atoms with Gasteiger partial charge in [-0.15, -0.1) is 0 Å². The summed E-state index contributed by atoms with van der Waals surface area (Å²) in [6.07, 6.45) is 0.0981. The smallest absolute Gasteiger partial charge is 0.134 e. The minimum atomic E-state index is 0.0981. The molecule has 0 amide bonds. The monoisotopic (exact) mass is 250 g/mol. The lowest BCUT2D eigenvalue weighted by Crippen LogP contribution is -2.32. The molecule has 0 spiro atoms. The summed E-state index contributed by atoms with van der Waals surface area (Å²) in [5, 5.41) is 3.33. The van der Waals surface area contributed by atoms with Gasteiger partial charge in [0.2, 0.25) is 0 Å². The number of ether oxygens (including phenoxy) is 1. The van der Waals surface area contributed by atoms with Gasteiger partial charge in [0.15, 0.2) is 0 Å². The largest absolute Gasteiger partial charge is 0.370 e. The number of hydrogen-bond donors (Lipinski definition) is 1. The van der Waals surface area contributed by atoms with Crippen molar-refractivity contribution in [2.24, 2.45) is 0 Å². The van der Waals surface area contributed by atoms with Gasteiger partial charge in [0.1, 0.15) is 6.23 Å². The molecule has 1 aromatic rings. The van der Waals surface area contributed by atoms with E-state index in [1.807, 2.05) is 11.8 Å². The zero-order valence-corrected chi connectivity index (χ0v) is 10.7. The van der Waals surface area contributed by atoms with Crippen LogP contribution in [-0.2, 0) is 4.74 Å². The molecular formula is C13H18N2OS. The van der Waals surface area contributed by atoms with E-state index in [2.05, 4.69) is 34.5 Å². The van der Waals surface area contributed by atoms with E-state index in [0.717, 1.165) is 13.2 Å².